The van der Waals surface area contributed by atoms with Crippen molar-refractivity contribution in [1.29, 1.82) is 0 Å². The average Bonchev–Trinajstić information content (AvgIpc) is 2.30. The molecule has 0 saturated heterocycles. The van der Waals surface area contributed by atoms with Crippen LogP contribution in [0.1, 0.15) is 32.1 Å². The van der Waals surface area contributed by atoms with Gasteiger partial charge in [-0.15, -0.1) is 0 Å². The molecule has 1 aromatic rings. The van der Waals surface area contributed by atoms with Crippen LogP contribution in [0.3, 0.4) is 0 Å². The Morgan fingerprint density at radius 1 is 1.07 bits per heavy atom. The van der Waals surface area contributed by atoms with Gasteiger partial charge in [-0.2, -0.15) is 5.12 Å². The smallest absolute Gasteiger partial charge is 0.166 e. The Balaban J connectivity index is 2.16. The molecule has 2 nitrogen and oxygen atoms in total. The number of rotatable bonds is 2. The first kappa shape index (κ1) is 10.4. The highest BCUT2D eigenvalue weighted by molar-refractivity contribution is 5.45. The predicted molar refractivity (Wildman–Crippen MR) is 58.1 cm³/mol. The number of hydrogen-bond donors (Lipinski definition) is 1. The first-order chi connectivity index (χ1) is 7.22. The van der Waals surface area contributed by atoms with Gasteiger partial charge in [-0.25, -0.2) is 0 Å². The van der Waals surface area contributed by atoms with Crippen molar-refractivity contribution in [1.82, 2.24) is 0 Å². The Morgan fingerprint density at radius 2 is 1.67 bits per heavy atom. The first-order valence-corrected chi connectivity index (χ1v) is 5.46. The predicted octanol–water partition coefficient (Wildman–Crippen LogP) is 3.03. The highest BCUT2D eigenvalue weighted by Gasteiger charge is 2.36. The van der Waals surface area contributed by atoms with Gasteiger partial charge in [0.05, 0.1) is 5.69 Å². The van der Waals surface area contributed by atoms with Crippen LogP contribution in [0, 0.1) is 0 Å². The van der Waals surface area contributed by atoms with E-state index in [4.69, 9.17) is 0 Å². The fourth-order valence-corrected chi connectivity index (χ4v) is 2.11. The summed E-state index contributed by atoms with van der Waals surface area (Å²) in [6.07, 6.45) is 3.90. The van der Waals surface area contributed by atoms with Gasteiger partial charge in [0.1, 0.15) is 0 Å². The van der Waals surface area contributed by atoms with E-state index < -0.39 is 5.72 Å². The quantitative estimate of drug-likeness (QED) is 0.597. The largest absolute Gasteiger partial charge is 0.368 e. The summed E-state index contributed by atoms with van der Waals surface area (Å²) in [7, 11) is 0. The van der Waals surface area contributed by atoms with E-state index in [0.717, 1.165) is 19.3 Å². The molecular formula is C12H16FNO. The number of benzene rings is 1. The van der Waals surface area contributed by atoms with E-state index in [1.165, 1.54) is 0 Å². The monoisotopic (exact) mass is 209 g/mol. The zero-order valence-corrected chi connectivity index (χ0v) is 8.69. The lowest BCUT2D eigenvalue weighted by Gasteiger charge is -2.37. The van der Waals surface area contributed by atoms with Crippen molar-refractivity contribution >= 4 is 5.69 Å². The summed E-state index contributed by atoms with van der Waals surface area (Å²) < 4.78 is 14.0. The van der Waals surface area contributed by atoms with E-state index in [1.807, 2.05) is 6.07 Å². The molecule has 1 aliphatic rings. The molecule has 0 spiro atoms. The van der Waals surface area contributed by atoms with Gasteiger partial charge in [-0.1, -0.05) is 29.1 Å². The van der Waals surface area contributed by atoms with Crippen LogP contribution in [0.25, 0.3) is 0 Å². The van der Waals surface area contributed by atoms with Crippen molar-refractivity contribution in [2.24, 2.45) is 0 Å². The van der Waals surface area contributed by atoms with Crippen LogP contribution in [-0.2, 0) is 0 Å². The molecule has 1 saturated carbocycles. The van der Waals surface area contributed by atoms with E-state index in [-0.39, 0.29) is 0 Å². The molecule has 1 N–H and O–H groups in total. The molecule has 1 fully saturated rings. The summed E-state index contributed by atoms with van der Waals surface area (Å²) in [6, 6.07) is 8.73. The minimum absolute atomic E-state index is 0.432. The van der Waals surface area contributed by atoms with Gasteiger partial charge in [0, 0.05) is 0 Å². The fourth-order valence-electron chi connectivity index (χ4n) is 2.11. The van der Waals surface area contributed by atoms with Gasteiger partial charge in [-0.3, -0.25) is 0 Å². The third-order valence-electron chi connectivity index (χ3n) is 3.00. The zero-order valence-electron chi connectivity index (χ0n) is 8.69. The van der Waals surface area contributed by atoms with Crippen LogP contribution < -0.4 is 5.12 Å². The van der Waals surface area contributed by atoms with Gasteiger partial charge in [-0.05, 0) is 37.8 Å². The third kappa shape index (κ3) is 2.12. The zero-order chi connectivity index (χ0) is 10.7. The van der Waals surface area contributed by atoms with Gasteiger partial charge in [0.25, 0.3) is 0 Å². The second-order valence-electron chi connectivity index (χ2n) is 4.16. The molecule has 82 valence electrons. The number of halogens is 1. The summed E-state index contributed by atoms with van der Waals surface area (Å²) >= 11 is 0. The number of nitrogens with zero attached hydrogens (tertiary/aromatic N) is 1. The van der Waals surface area contributed by atoms with Crippen LogP contribution in [-0.4, -0.2) is 10.8 Å². The molecule has 0 unspecified atom stereocenters. The summed E-state index contributed by atoms with van der Waals surface area (Å²) in [4.78, 5) is 0. The van der Waals surface area contributed by atoms with Crippen molar-refractivity contribution in [3.05, 3.63) is 30.3 Å². The highest BCUT2D eigenvalue weighted by atomic mass is 19.2. The van der Waals surface area contributed by atoms with Crippen molar-refractivity contribution in [3.8, 4) is 0 Å². The lowest BCUT2D eigenvalue weighted by atomic mass is 9.91. The number of para-hydroxylation sites is 1. The Labute approximate surface area is 89.3 Å². The molecule has 3 heteroatoms. The van der Waals surface area contributed by atoms with Gasteiger partial charge in [0.2, 0.25) is 0 Å². The maximum Gasteiger partial charge on any atom is 0.166 e. The summed E-state index contributed by atoms with van der Waals surface area (Å²) in [6.45, 7) is 0. The molecule has 1 aromatic carbocycles. The fraction of sp³-hybridized carbons (Fsp3) is 0.500. The average molecular weight is 209 g/mol. The Hall–Kier alpha value is -1.09. The van der Waals surface area contributed by atoms with Crippen LogP contribution in [0.2, 0.25) is 0 Å². The van der Waals surface area contributed by atoms with Gasteiger partial charge in [0.15, 0.2) is 5.72 Å². The van der Waals surface area contributed by atoms with Crippen LogP contribution in [0.4, 0.5) is 10.2 Å². The van der Waals surface area contributed by atoms with Crippen LogP contribution >= 0.6 is 0 Å². The van der Waals surface area contributed by atoms with Crippen LogP contribution in [0.5, 0.6) is 0 Å². The van der Waals surface area contributed by atoms with Crippen molar-refractivity contribution < 1.29 is 9.59 Å². The molecule has 0 atom stereocenters. The number of anilines is 1. The highest BCUT2D eigenvalue weighted by Crippen LogP contribution is 2.34. The lowest BCUT2D eigenvalue weighted by Crippen LogP contribution is -2.45. The minimum atomic E-state index is -1.29. The first-order valence-electron chi connectivity index (χ1n) is 5.46. The molecule has 2 rings (SSSR count). The number of aliphatic hydroxyl groups is 1. The van der Waals surface area contributed by atoms with E-state index in [2.05, 4.69) is 0 Å². The van der Waals surface area contributed by atoms with Gasteiger partial charge < -0.3 is 5.11 Å². The second kappa shape index (κ2) is 4.19. The molecule has 15 heavy (non-hydrogen) atoms. The summed E-state index contributed by atoms with van der Waals surface area (Å²) in [5.41, 5.74) is -0.860. The van der Waals surface area contributed by atoms with E-state index >= 15 is 0 Å². The Morgan fingerprint density at radius 3 is 2.27 bits per heavy atom. The van der Waals surface area contributed by atoms with Crippen LogP contribution in [0.15, 0.2) is 30.3 Å². The van der Waals surface area contributed by atoms with E-state index in [0.29, 0.717) is 23.7 Å². The molecule has 0 aromatic heterocycles. The van der Waals surface area contributed by atoms with Crippen molar-refractivity contribution in [2.45, 2.75) is 37.8 Å². The van der Waals surface area contributed by atoms with Crippen molar-refractivity contribution in [2.75, 3.05) is 5.12 Å². The topological polar surface area (TPSA) is 23.5 Å². The second-order valence-corrected chi connectivity index (χ2v) is 4.16. The molecule has 0 radical (unpaired) electrons. The SMILES string of the molecule is OC1(N(F)c2ccccc2)CCCCC1. The Bertz CT molecular complexity index is 309. The molecule has 0 amide bonds. The normalized spacial score (nSPS) is 19.9. The summed E-state index contributed by atoms with van der Waals surface area (Å²) in [5, 5.41) is 10.7. The maximum atomic E-state index is 14.0. The maximum absolute atomic E-state index is 14.0. The van der Waals surface area contributed by atoms with E-state index in [1.54, 1.807) is 24.3 Å². The van der Waals surface area contributed by atoms with Crippen molar-refractivity contribution in [3.63, 3.8) is 0 Å². The van der Waals surface area contributed by atoms with Gasteiger partial charge >= 0.3 is 0 Å². The molecular weight excluding hydrogens is 193 g/mol. The lowest BCUT2D eigenvalue weighted by molar-refractivity contribution is -0.0342. The molecule has 0 aliphatic heterocycles. The van der Waals surface area contributed by atoms with E-state index in [9.17, 15) is 9.59 Å². The third-order valence-corrected chi connectivity index (χ3v) is 3.00. The summed E-state index contributed by atoms with van der Waals surface area (Å²) in [5.74, 6) is 0. The molecule has 1 aliphatic carbocycles. The Kier molecular flexibility index (Phi) is 2.91. The minimum Gasteiger partial charge on any atom is -0.368 e. The molecule has 0 heterocycles. The number of hydrogen-bond acceptors (Lipinski definition) is 2. The standard InChI is InChI=1S/C12H16FNO/c13-14(11-7-3-1-4-8-11)12(15)9-5-2-6-10-12/h1,3-4,7-8,15H,2,5-6,9-10H2. The molecule has 0 bridgehead atoms.